The fourth-order valence-corrected chi connectivity index (χ4v) is 1.81. The lowest BCUT2D eigenvalue weighted by Gasteiger charge is -2.11. The van der Waals surface area contributed by atoms with E-state index in [0.717, 1.165) is 0 Å². The minimum Gasteiger partial charge on any atom is -0.480 e. The summed E-state index contributed by atoms with van der Waals surface area (Å²) >= 11 is 0. The smallest absolute Gasteiger partial charge is 0.326 e. The van der Waals surface area contributed by atoms with Gasteiger partial charge in [-0.3, -0.25) is 9.78 Å². The molecular weight excluding hydrogens is 274 g/mol. The Bertz CT molecular complexity index is 624. The molecule has 0 fully saturated rings. The largest absolute Gasteiger partial charge is 0.480 e. The van der Waals surface area contributed by atoms with Crippen molar-refractivity contribution in [2.45, 2.75) is 25.8 Å². The number of rotatable bonds is 6. The van der Waals surface area contributed by atoms with Crippen LogP contribution in [0.3, 0.4) is 0 Å². The highest BCUT2D eigenvalue weighted by molar-refractivity contribution is 5.95. The topological polar surface area (TPSA) is 105 Å². The third kappa shape index (κ3) is 3.65. The number of aliphatic carboxylic acids is 1. The predicted octanol–water partition coefficient (Wildman–Crippen LogP) is 1.72. The molecule has 21 heavy (non-hydrogen) atoms. The van der Waals surface area contributed by atoms with Crippen LogP contribution in [0, 0.1) is 0 Å². The van der Waals surface area contributed by atoms with Crippen LogP contribution in [0.2, 0.25) is 0 Å². The minimum atomic E-state index is -1.07. The average molecular weight is 289 g/mol. The van der Waals surface area contributed by atoms with Crippen molar-refractivity contribution < 1.29 is 19.2 Å². The summed E-state index contributed by atoms with van der Waals surface area (Å²) in [4.78, 5) is 26.9. The number of carboxylic acid groups (broad SMARTS) is 1. The maximum atomic E-state index is 12.0. The Kier molecular flexibility index (Phi) is 4.65. The van der Waals surface area contributed by atoms with Crippen LogP contribution < -0.4 is 5.32 Å². The molecule has 0 spiro atoms. The first-order valence-electron chi connectivity index (χ1n) is 6.52. The van der Waals surface area contributed by atoms with E-state index in [1.165, 1.54) is 6.07 Å². The van der Waals surface area contributed by atoms with Crippen LogP contribution >= 0.6 is 0 Å². The van der Waals surface area contributed by atoms with E-state index in [2.05, 4.69) is 15.5 Å². The summed E-state index contributed by atoms with van der Waals surface area (Å²) < 4.78 is 5.08. The second-order valence-corrected chi connectivity index (χ2v) is 4.47. The standard InChI is InChI=1S/C14H15N3O4/c1-2-4-10(14(19)20)16-13(18)11-7-12(21-17-11)9-5-3-6-15-8-9/h3,5-8,10H,2,4H2,1H3,(H,16,18)(H,19,20). The Morgan fingerprint density at radius 3 is 2.90 bits per heavy atom. The number of carbonyl (C=O) groups excluding carboxylic acids is 1. The monoisotopic (exact) mass is 289 g/mol. The zero-order valence-corrected chi connectivity index (χ0v) is 11.4. The molecule has 0 aliphatic rings. The van der Waals surface area contributed by atoms with Gasteiger partial charge in [0.05, 0.1) is 0 Å². The van der Waals surface area contributed by atoms with Gasteiger partial charge in [0, 0.05) is 24.0 Å². The summed E-state index contributed by atoms with van der Waals surface area (Å²) in [6.07, 6.45) is 4.21. The van der Waals surface area contributed by atoms with Gasteiger partial charge < -0.3 is 14.9 Å². The number of nitrogens with zero attached hydrogens (tertiary/aromatic N) is 2. The van der Waals surface area contributed by atoms with Crippen molar-refractivity contribution in [1.29, 1.82) is 0 Å². The van der Waals surface area contributed by atoms with E-state index in [9.17, 15) is 9.59 Å². The van der Waals surface area contributed by atoms with Gasteiger partial charge >= 0.3 is 5.97 Å². The van der Waals surface area contributed by atoms with Gasteiger partial charge in [0.25, 0.3) is 5.91 Å². The van der Waals surface area contributed by atoms with Crippen molar-refractivity contribution in [1.82, 2.24) is 15.5 Å². The van der Waals surface area contributed by atoms with E-state index in [1.54, 1.807) is 24.5 Å². The summed E-state index contributed by atoms with van der Waals surface area (Å²) in [5.74, 6) is -1.24. The van der Waals surface area contributed by atoms with Crippen LogP contribution in [0.1, 0.15) is 30.3 Å². The van der Waals surface area contributed by atoms with Gasteiger partial charge in [-0.05, 0) is 18.6 Å². The van der Waals surface area contributed by atoms with Crippen LogP contribution in [0.5, 0.6) is 0 Å². The van der Waals surface area contributed by atoms with Gasteiger partial charge in [-0.2, -0.15) is 0 Å². The zero-order valence-electron chi connectivity index (χ0n) is 11.4. The first-order valence-corrected chi connectivity index (χ1v) is 6.52. The second kappa shape index (κ2) is 6.65. The molecule has 1 atom stereocenters. The molecule has 2 rings (SSSR count). The molecule has 0 aromatic carbocycles. The maximum Gasteiger partial charge on any atom is 0.326 e. The highest BCUT2D eigenvalue weighted by Crippen LogP contribution is 2.18. The van der Waals surface area contributed by atoms with Crippen molar-refractivity contribution in [3.63, 3.8) is 0 Å². The molecule has 1 amide bonds. The van der Waals surface area contributed by atoms with E-state index in [1.807, 2.05) is 6.92 Å². The lowest BCUT2D eigenvalue weighted by atomic mass is 10.1. The fourth-order valence-electron chi connectivity index (χ4n) is 1.81. The summed E-state index contributed by atoms with van der Waals surface area (Å²) in [7, 11) is 0. The number of nitrogens with one attached hydrogen (secondary N) is 1. The molecule has 0 saturated carbocycles. The van der Waals surface area contributed by atoms with Crippen molar-refractivity contribution in [2.24, 2.45) is 0 Å². The van der Waals surface area contributed by atoms with Gasteiger partial charge in [-0.15, -0.1) is 0 Å². The number of hydrogen-bond donors (Lipinski definition) is 2. The van der Waals surface area contributed by atoms with Crippen LogP contribution in [0.25, 0.3) is 11.3 Å². The maximum absolute atomic E-state index is 12.0. The highest BCUT2D eigenvalue weighted by Gasteiger charge is 2.22. The first kappa shape index (κ1) is 14.7. The first-order chi connectivity index (χ1) is 10.1. The Morgan fingerprint density at radius 2 is 2.29 bits per heavy atom. The minimum absolute atomic E-state index is 0.0382. The number of aromatic nitrogens is 2. The fraction of sp³-hybridized carbons (Fsp3) is 0.286. The Hall–Kier alpha value is -2.70. The summed E-state index contributed by atoms with van der Waals surface area (Å²) in [6, 6.07) is 4.03. The summed E-state index contributed by atoms with van der Waals surface area (Å²) in [5, 5.41) is 15.1. The molecule has 2 heterocycles. The van der Waals surface area contributed by atoms with E-state index < -0.39 is 17.9 Å². The summed E-state index contributed by atoms with van der Waals surface area (Å²) in [6.45, 7) is 1.85. The molecule has 0 radical (unpaired) electrons. The van der Waals surface area contributed by atoms with Crippen LogP contribution in [0.4, 0.5) is 0 Å². The number of amides is 1. The summed E-state index contributed by atoms with van der Waals surface area (Å²) in [5.41, 5.74) is 0.726. The Morgan fingerprint density at radius 1 is 1.48 bits per heavy atom. The Labute approximate surface area is 121 Å². The van der Waals surface area contributed by atoms with E-state index in [4.69, 9.17) is 9.63 Å². The molecule has 0 aliphatic carbocycles. The molecule has 0 saturated heterocycles. The van der Waals surface area contributed by atoms with Crippen molar-refractivity contribution in [3.05, 3.63) is 36.3 Å². The molecule has 0 aliphatic heterocycles. The molecular formula is C14H15N3O4. The third-order valence-corrected chi connectivity index (χ3v) is 2.87. The molecule has 110 valence electrons. The quantitative estimate of drug-likeness (QED) is 0.838. The van der Waals surface area contributed by atoms with Crippen LogP contribution in [-0.2, 0) is 4.79 Å². The zero-order chi connectivity index (χ0) is 15.2. The lowest BCUT2D eigenvalue weighted by molar-refractivity contribution is -0.139. The number of pyridine rings is 1. The molecule has 2 aromatic rings. The van der Waals surface area contributed by atoms with E-state index in [-0.39, 0.29) is 5.69 Å². The Balaban J connectivity index is 2.10. The molecule has 0 bridgehead atoms. The molecule has 7 nitrogen and oxygen atoms in total. The van der Waals surface area contributed by atoms with Gasteiger partial charge in [0.1, 0.15) is 6.04 Å². The predicted molar refractivity (Wildman–Crippen MR) is 73.5 cm³/mol. The molecule has 2 N–H and O–H groups in total. The third-order valence-electron chi connectivity index (χ3n) is 2.87. The van der Waals surface area contributed by atoms with E-state index in [0.29, 0.717) is 24.2 Å². The molecule has 1 unspecified atom stereocenters. The van der Waals surface area contributed by atoms with Crippen molar-refractivity contribution in [2.75, 3.05) is 0 Å². The number of carbonyl (C=O) groups is 2. The average Bonchev–Trinajstić information content (AvgIpc) is 2.97. The van der Waals surface area contributed by atoms with Crippen LogP contribution in [0.15, 0.2) is 35.1 Å². The van der Waals surface area contributed by atoms with Crippen LogP contribution in [-0.4, -0.2) is 33.2 Å². The van der Waals surface area contributed by atoms with Gasteiger partial charge in [0.2, 0.25) is 0 Å². The SMILES string of the molecule is CCCC(NC(=O)c1cc(-c2cccnc2)on1)C(=O)O. The van der Waals surface area contributed by atoms with Gasteiger partial charge in [-0.25, -0.2) is 4.79 Å². The highest BCUT2D eigenvalue weighted by atomic mass is 16.5. The van der Waals surface area contributed by atoms with Gasteiger partial charge in [0.15, 0.2) is 11.5 Å². The lowest BCUT2D eigenvalue weighted by Crippen LogP contribution is -2.40. The molecule has 7 heteroatoms. The van der Waals surface area contributed by atoms with Gasteiger partial charge in [-0.1, -0.05) is 18.5 Å². The van der Waals surface area contributed by atoms with E-state index >= 15 is 0 Å². The number of carboxylic acids is 1. The van der Waals surface area contributed by atoms with Crippen molar-refractivity contribution in [3.8, 4) is 11.3 Å². The normalized spacial score (nSPS) is 11.9. The second-order valence-electron chi connectivity index (χ2n) is 4.47. The number of hydrogen-bond acceptors (Lipinski definition) is 5. The van der Waals surface area contributed by atoms with Crippen molar-refractivity contribution >= 4 is 11.9 Å². The molecule has 2 aromatic heterocycles.